The minimum Gasteiger partial charge on any atom is -0.451 e. The number of carbonyl (C=O) groups excluding carboxylic acids is 1. The van der Waals surface area contributed by atoms with Crippen LogP contribution in [0, 0.1) is 13.8 Å². The number of anilines is 1. The van der Waals surface area contributed by atoms with Crippen LogP contribution in [-0.2, 0) is 6.42 Å². The normalized spacial score (nSPS) is 10.6. The molecule has 3 aromatic rings. The Morgan fingerprint density at radius 3 is 2.45 bits per heavy atom. The van der Waals surface area contributed by atoms with Crippen molar-refractivity contribution in [1.82, 2.24) is 5.32 Å². The van der Waals surface area contributed by atoms with Gasteiger partial charge >= 0.3 is 0 Å². The van der Waals surface area contributed by atoms with Gasteiger partial charge in [0.1, 0.15) is 5.76 Å². The minimum absolute atomic E-state index is 0.220. The number of rotatable bonds is 6. The van der Waals surface area contributed by atoms with Gasteiger partial charge in [-0.1, -0.05) is 37.6 Å². The Labute approximate surface area is 177 Å². The maximum absolute atomic E-state index is 12.5. The summed E-state index contributed by atoms with van der Waals surface area (Å²) >= 11 is 5.26. The Balaban J connectivity index is 1.59. The molecule has 0 bridgehead atoms. The van der Waals surface area contributed by atoms with Gasteiger partial charge in [-0.25, -0.2) is 0 Å². The molecule has 1 amide bonds. The molecular weight excluding hydrogens is 380 g/mol. The van der Waals surface area contributed by atoms with Crippen LogP contribution in [0.25, 0.3) is 11.3 Å². The molecule has 3 rings (SSSR count). The fourth-order valence-electron chi connectivity index (χ4n) is 2.97. The lowest BCUT2D eigenvalue weighted by Gasteiger charge is -2.09. The van der Waals surface area contributed by atoms with Crippen molar-refractivity contribution in [3.63, 3.8) is 0 Å². The van der Waals surface area contributed by atoms with E-state index in [1.165, 1.54) is 29.5 Å². The molecule has 5 heteroatoms. The Morgan fingerprint density at radius 1 is 1.00 bits per heavy atom. The topological polar surface area (TPSA) is 54.3 Å². The number of carbonyl (C=O) groups is 1. The number of furan rings is 1. The van der Waals surface area contributed by atoms with E-state index in [0.717, 1.165) is 17.7 Å². The molecule has 0 aliphatic rings. The van der Waals surface area contributed by atoms with E-state index < -0.39 is 0 Å². The van der Waals surface area contributed by atoms with E-state index in [1.807, 2.05) is 30.3 Å². The van der Waals surface area contributed by atoms with Crippen molar-refractivity contribution in [2.45, 2.75) is 40.0 Å². The van der Waals surface area contributed by atoms with Crippen LogP contribution in [0.4, 0.5) is 5.69 Å². The molecule has 2 aromatic carbocycles. The quantitative estimate of drug-likeness (QED) is 0.491. The average Bonchev–Trinajstić information content (AvgIpc) is 3.20. The highest BCUT2D eigenvalue weighted by Crippen LogP contribution is 2.24. The molecule has 0 aliphatic carbocycles. The number of unbranched alkanes of at least 4 members (excludes halogenated alkanes) is 1. The zero-order valence-electron chi connectivity index (χ0n) is 17.0. The lowest BCUT2D eigenvalue weighted by Crippen LogP contribution is -2.33. The monoisotopic (exact) mass is 406 g/mol. The molecule has 2 N–H and O–H groups in total. The van der Waals surface area contributed by atoms with Crippen LogP contribution < -0.4 is 10.6 Å². The molecule has 29 heavy (non-hydrogen) atoms. The summed E-state index contributed by atoms with van der Waals surface area (Å²) in [6.07, 6.45) is 3.42. The van der Waals surface area contributed by atoms with Gasteiger partial charge in [-0.15, -0.1) is 0 Å². The van der Waals surface area contributed by atoms with Crippen molar-refractivity contribution < 1.29 is 9.21 Å². The van der Waals surface area contributed by atoms with Crippen molar-refractivity contribution in [1.29, 1.82) is 0 Å². The molecule has 0 saturated heterocycles. The van der Waals surface area contributed by atoms with E-state index in [-0.39, 0.29) is 16.8 Å². The molecule has 0 spiro atoms. The van der Waals surface area contributed by atoms with Gasteiger partial charge in [-0.2, -0.15) is 0 Å². The molecule has 0 aliphatic heterocycles. The van der Waals surface area contributed by atoms with Crippen LogP contribution in [0.15, 0.2) is 59.0 Å². The maximum Gasteiger partial charge on any atom is 0.293 e. The summed E-state index contributed by atoms with van der Waals surface area (Å²) in [5.41, 5.74) is 5.47. The maximum atomic E-state index is 12.5. The SMILES string of the molecule is CCCCc1ccc(NC(=S)NC(=O)c2ccc(-c3ccc(C)c(C)c3)o2)cc1. The third-order valence-electron chi connectivity index (χ3n) is 4.88. The standard InChI is InChI=1S/C24H26N2O2S/c1-4-5-6-18-8-11-20(12-9-18)25-24(29)26-23(27)22-14-13-21(28-22)19-10-7-16(2)17(3)15-19/h7-15H,4-6H2,1-3H3,(H2,25,26,27,29). The molecule has 0 fully saturated rings. The number of hydrogen-bond donors (Lipinski definition) is 2. The number of hydrogen-bond acceptors (Lipinski definition) is 3. The fraction of sp³-hybridized carbons (Fsp3) is 0.250. The highest BCUT2D eigenvalue weighted by molar-refractivity contribution is 7.80. The molecular formula is C24H26N2O2S. The molecule has 0 radical (unpaired) electrons. The lowest BCUT2D eigenvalue weighted by atomic mass is 10.1. The highest BCUT2D eigenvalue weighted by atomic mass is 32.1. The van der Waals surface area contributed by atoms with E-state index in [0.29, 0.717) is 5.76 Å². The van der Waals surface area contributed by atoms with E-state index in [4.69, 9.17) is 16.6 Å². The zero-order valence-corrected chi connectivity index (χ0v) is 17.9. The molecule has 1 aromatic heterocycles. The van der Waals surface area contributed by atoms with E-state index >= 15 is 0 Å². The zero-order chi connectivity index (χ0) is 20.8. The first-order chi connectivity index (χ1) is 14.0. The molecule has 1 heterocycles. The molecule has 0 atom stereocenters. The third kappa shape index (κ3) is 5.55. The lowest BCUT2D eigenvalue weighted by molar-refractivity contribution is 0.0951. The second-order valence-corrected chi connectivity index (χ2v) is 7.58. The predicted octanol–water partition coefficient (Wildman–Crippen LogP) is 6.03. The number of thiocarbonyl (C=S) groups is 1. The minimum atomic E-state index is -0.378. The second-order valence-electron chi connectivity index (χ2n) is 7.17. The van der Waals surface area contributed by atoms with Gasteiger partial charge in [0, 0.05) is 11.3 Å². The third-order valence-corrected chi connectivity index (χ3v) is 5.08. The van der Waals surface area contributed by atoms with Gasteiger partial charge in [-0.05, 0) is 85.9 Å². The van der Waals surface area contributed by atoms with E-state index in [1.54, 1.807) is 12.1 Å². The average molecular weight is 407 g/mol. The fourth-order valence-corrected chi connectivity index (χ4v) is 3.18. The summed E-state index contributed by atoms with van der Waals surface area (Å²) in [6.45, 7) is 6.30. The number of benzene rings is 2. The first-order valence-electron chi connectivity index (χ1n) is 9.85. The summed E-state index contributed by atoms with van der Waals surface area (Å²) < 4.78 is 5.73. The molecule has 4 nitrogen and oxygen atoms in total. The Hall–Kier alpha value is -2.92. The molecule has 0 unspecified atom stereocenters. The van der Waals surface area contributed by atoms with Gasteiger partial charge in [-0.3, -0.25) is 10.1 Å². The van der Waals surface area contributed by atoms with E-state index in [2.05, 4.69) is 43.5 Å². The summed E-state index contributed by atoms with van der Waals surface area (Å²) in [5.74, 6) is 0.495. The van der Waals surface area contributed by atoms with Gasteiger partial charge in [0.15, 0.2) is 10.9 Å². The van der Waals surface area contributed by atoms with Crippen LogP contribution in [0.3, 0.4) is 0 Å². The highest BCUT2D eigenvalue weighted by Gasteiger charge is 2.14. The first kappa shape index (κ1) is 20.8. The van der Waals surface area contributed by atoms with Gasteiger partial charge in [0.2, 0.25) is 0 Å². The summed E-state index contributed by atoms with van der Waals surface area (Å²) in [7, 11) is 0. The van der Waals surface area contributed by atoms with Crippen molar-refractivity contribution in [2.24, 2.45) is 0 Å². The van der Waals surface area contributed by atoms with Crippen molar-refractivity contribution in [2.75, 3.05) is 5.32 Å². The Bertz CT molecular complexity index is 1010. The first-order valence-corrected chi connectivity index (χ1v) is 10.3. The van der Waals surface area contributed by atoms with Gasteiger partial charge in [0.25, 0.3) is 5.91 Å². The van der Waals surface area contributed by atoms with Crippen LogP contribution in [0.5, 0.6) is 0 Å². The summed E-state index contributed by atoms with van der Waals surface area (Å²) in [6, 6.07) is 17.6. The summed E-state index contributed by atoms with van der Waals surface area (Å²) in [5, 5.41) is 5.94. The molecule has 0 saturated carbocycles. The van der Waals surface area contributed by atoms with E-state index in [9.17, 15) is 4.79 Å². The Kier molecular flexibility index (Phi) is 6.83. The molecule has 150 valence electrons. The van der Waals surface area contributed by atoms with Crippen molar-refractivity contribution in [3.8, 4) is 11.3 Å². The second kappa shape index (κ2) is 9.52. The predicted molar refractivity (Wildman–Crippen MR) is 122 cm³/mol. The van der Waals surface area contributed by atoms with Crippen LogP contribution in [-0.4, -0.2) is 11.0 Å². The number of amides is 1. The largest absolute Gasteiger partial charge is 0.451 e. The number of nitrogens with one attached hydrogen (secondary N) is 2. The van der Waals surface area contributed by atoms with Gasteiger partial charge in [0.05, 0.1) is 0 Å². The van der Waals surface area contributed by atoms with Gasteiger partial charge < -0.3 is 9.73 Å². The van der Waals surface area contributed by atoms with Crippen LogP contribution in [0.1, 0.15) is 47.0 Å². The smallest absolute Gasteiger partial charge is 0.293 e. The van der Waals surface area contributed by atoms with Crippen molar-refractivity contribution in [3.05, 3.63) is 77.0 Å². The summed E-state index contributed by atoms with van der Waals surface area (Å²) in [4.78, 5) is 12.5. The van der Waals surface area contributed by atoms with Crippen molar-refractivity contribution >= 4 is 28.9 Å². The van der Waals surface area contributed by atoms with Crippen LogP contribution >= 0.6 is 12.2 Å². The van der Waals surface area contributed by atoms with Crippen LogP contribution in [0.2, 0.25) is 0 Å². The Morgan fingerprint density at radius 2 is 1.76 bits per heavy atom. The number of aryl methyl sites for hydroxylation is 3.